The van der Waals surface area contributed by atoms with Crippen LogP contribution in [0.4, 0.5) is 0 Å². The van der Waals surface area contributed by atoms with Crippen molar-refractivity contribution in [1.29, 1.82) is 0 Å². The van der Waals surface area contributed by atoms with Crippen molar-refractivity contribution in [3.8, 4) is 11.8 Å². The molecule has 112 valence electrons. The summed E-state index contributed by atoms with van der Waals surface area (Å²) >= 11 is 1.71. The van der Waals surface area contributed by atoms with E-state index in [0.717, 1.165) is 37.4 Å². The van der Waals surface area contributed by atoms with Gasteiger partial charge in [0.05, 0.1) is 11.5 Å². The first-order valence-corrected chi connectivity index (χ1v) is 7.98. The third kappa shape index (κ3) is 5.64. The number of nitrogens with zero attached hydrogens (tertiary/aromatic N) is 1. The number of aliphatic hydroxyl groups is 1. The number of hydrogen-bond acceptors (Lipinski definition) is 4. The minimum absolute atomic E-state index is 0.0824. The molecule has 0 spiro atoms. The van der Waals surface area contributed by atoms with E-state index in [0.29, 0.717) is 6.04 Å². The fourth-order valence-electron chi connectivity index (χ4n) is 2.26. The highest BCUT2D eigenvalue weighted by Crippen LogP contribution is 2.20. The molecule has 1 rings (SSSR count). The van der Waals surface area contributed by atoms with Crippen LogP contribution in [0.3, 0.4) is 0 Å². The zero-order chi connectivity index (χ0) is 14.8. The van der Waals surface area contributed by atoms with Crippen LogP contribution in [0.15, 0.2) is 12.1 Å². The smallest absolute Gasteiger partial charge is 0.104 e. The summed E-state index contributed by atoms with van der Waals surface area (Å²) in [6, 6.07) is 4.76. The van der Waals surface area contributed by atoms with Gasteiger partial charge in [0, 0.05) is 31.1 Å². The van der Waals surface area contributed by atoms with Crippen molar-refractivity contribution >= 4 is 11.3 Å². The first kappa shape index (κ1) is 17.2. The van der Waals surface area contributed by atoms with Crippen LogP contribution >= 0.6 is 11.3 Å². The predicted octanol–water partition coefficient (Wildman–Crippen LogP) is 2.73. The molecule has 0 aliphatic carbocycles. The molecule has 0 amide bonds. The number of aliphatic hydroxyl groups excluding tert-OH is 1. The van der Waals surface area contributed by atoms with E-state index in [1.165, 1.54) is 4.88 Å². The van der Waals surface area contributed by atoms with E-state index in [4.69, 9.17) is 9.84 Å². The van der Waals surface area contributed by atoms with E-state index in [1.54, 1.807) is 18.4 Å². The first-order valence-electron chi connectivity index (χ1n) is 7.16. The molecule has 0 bridgehead atoms. The third-order valence-corrected chi connectivity index (χ3v) is 4.34. The van der Waals surface area contributed by atoms with E-state index in [2.05, 4.69) is 36.7 Å². The van der Waals surface area contributed by atoms with Crippen molar-refractivity contribution in [2.24, 2.45) is 0 Å². The largest absolute Gasteiger partial charge is 0.384 e. The monoisotopic (exact) mass is 295 g/mol. The summed E-state index contributed by atoms with van der Waals surface area (Å²) in [5, 5.41) is 8.72. The van der Waals surface area contributed by atoms with Crippen molar-refractivity contribution in [1.82, 2.24) is 4.90 Å². The minimum atomic E-state index is -0.0824. The molecular formula is C16H25NO2S. The summed E-state index contributed by atoms with van der Waals surface area (Å²) in [5.74, 6) is 5.66. The minimum Gasteiger partial charge on any atom is -0.384 e. The molecule has 1 N–H and O–H groups in total. The van der Waals surface area contributed by atoms with E-state index in [-0.39, 0.29) is 6.61 Å². The number of ether oxygens (including phenoxy) is 1. The molecule has 4 heteroatoms. The maximum Gasteiger partial charge on any atom is 0.104 e. The number of rotatable bonds is 8. The van der Waals surface area contributed by atoms with Crippen LogP contribution in [0.1, 0.15) is 36.4 Å². The Kier molecular flexibility index (Phi) is 8.56. The Morgan fingerprint density at radius 2 is 2.10 bits per heavy atom. The van der Waals surface area contributed by atoms with Crippen LogP contribution in [0.5, 0.6) is 0 Å². The Bertz CT molecular complexity index is 429. The Labute approximate surface area is 126 Å². The normalized spacial score (nSPS) is 10.9. The van der Waals surface area contributed by atoms with Crippen molar-refractivity contribution < 1.29 is 9.84 Å². The Morgan fingerprint density at radius 3 is 2.70 bits per heavy atom. The van der Waals surface area contributed by atoms with Gasteiger partial charge >= 0.3 is 0 Å². The lowest BCUT2D eigenvalue weighted by molar-refractivity contribution is 0.111. The molecular weight excluding hydrogens is 270 g/mol. The number of methoxy groups -OCH3 is 1. The van der Waals surface area contributed by atoms with Crippen LogP contribution in [0.2, 0.25) is 0 Å². The Hall–Kier alpha value is -0.860. The third-order valence-electron chi connectivity index (χ3n) is 3.35. The van der Waals surface area contributed by atoms with Gasteiger partial charge in [0.2, 0.25) is 0 Å². The molecule has 0 saturated carbocycles. The second-order valence-corrected chi connectivity index (χ2v) is 5.83. The van der Waals surface area contributed by atoms with Crippen LogP contribution in [0, 0.1) is 11.8 Å². The molecule has 1 aromatic rings. The SMILES string of the molecule is CCC(CC)N(CCOC)Cc1ccc(C#CCO)s1. The first-order chi connectivity index (χ1) is 9.74. The summed E-state index contributed by atoms with van der Waals surface area (Å²) in [6.07, 6.45) is 2.31. The second-order valence-electron chi connectivity index (χ2n) is 4.66. The lowest BCUT2D eigenvalue weighted by atomic mass is 10.1. The maximum atomic E-state index is 8.72. The highest BCUT2D eigenvalue weighted by molar-refractivity contribution is 7.12. The van der Waals surface area contributed by atoms with Gasteiger partial charge in [-0.25, -0.2) is 0 Å². The van der Waals surface area contributed by atoms with E-state index < -0.39 is 0 Å². The van der Waals surface area contributed by atoms with Crippen LogP contribution < -0.4 is 0 Å². The average Bonchev–Trinajstić information content (AvgIpc) is 2.91. The molecule has 0 unspecified atom stereocenters. The van der Waals surface area contributed by atoms with Crippen molar-refractivity contribution in [2.75, 3.05) is 26.9 Å². The molecule has 0 aliphatic heterocycles. The topological polar surface area (TPSA) is 32.7 Å². The van der Waals surface area contributed by atoms with Gasteiger partial charge in [-0.3, -0.25) is 4.90 Å². The summed E-state index contributed by atoms with van der Waals surface area (Å²) < 4.78 is 5.22. The molecule has 0 radical (unpaired) electrons. The van der Waals surface area contributed by atoms with Crippen LogP contribution in [-0.4, -0.2) is 42.9 Å². The van der Waals surface area contributed by atoms with E-state index in [1.807, 2.05) is 6.07 Å². The van der Waals surface area contributed by atoms with Crippen molar-refractivity contribution in [3.63, 3.8) is 0 Å². The Morgan fingerprint density at radius 1 is 1.35 bits per heavy atom. The zero-order valence-corrected chi connectivity index (χ0v) is 13.5. The Balaban J connectivity index is 2.70. The van der Waals surface area contributed by atoms with Crippen LogP contribution in [0.25, 0.3) is 0 Å². The van der Waals surface area contributed by atoms with Gasteiger partial charge in [-0.1, -0.05) is 25.7 Å². The van der Waals surface area contributed by atoms with Gasteiger partial charge in [0.25, 0.3) is 0 Å². The fraction of sp³-hybridized carbons (Fsp3) is 0.625. The van der Waals surface area contributed by atoms with Crippen molar-refractivity contribution in [2.45, 2.75) is 39.3 Å². The second kappa shape index (κ2) is 9.95. The molecule has 0 aromatic carbocycles. The zero-order valence-electron chi connectivity index (χ0n) is 12.7. The summed E-state index contributed by atoms with van der Waals surface area (Å²) in [4.78, 5) is 4.82. The van der Waals surface area contributed by atoms with Gasteiger partial charge in [-0.05, 0) is 25.0 Å². The van der Waals surface area contributed by atoms with Gasteiger partial charge in [-0.15, -0.1) is 11.3 Å². The molecule has 0 atom stereocenters. The molecule has 20 heavy (non-hydrogen) atoms. The molecule has 0 saturated heterocycles. The van der Waals surface area contributed by atoms with Crippen molar-refractivity contribution in [3.05, 3.63) is 21.9 Å². The van der Waals surface area contributed by atoms with E-state index in [9.17, 15) is 0 Å². The van der Waals surface area contributed by atoms with Gasteiger partial charge < -0.3 is 9.84 Å². The van der Waals surface area contributed by atoms with E-state index >= 15 is 0 Å². The summed E-state index contributed by atoms with van der Waals surface area (Å²) in [6.45, 7) is 7.06. The van der Waals surface area contributed by atoms with Gasteiger partial charge in [-0.2, -0.15) is 0 Å². The summed E-state index contributed by atoms with van der Waals surface area (Å²) in [7, 11) is 1.75. The highest BCUT2D eigenvalue weighted by atomic mass is 32.1. The fourth-order valence-corrected chi connectivity index (χ4v) is 3.17. The average molecular weight is 295 g/mol. The standard InChI is InChI=1S/C16H25NO2S/c1-4-14(5-2)17(10-12-19-3)13-16-9-8-15(20-16)7-6-11-18/h8-9,14,18H,4-5,10-13H2,1-3H3. The quantitative estimate of drug-likeness (QED) is 0.749. The molecule has 1 heterocycles. The van der Waals surface area contributed by atoms with Crippen LogP contribution in [-0.2, 0) is 11.3 Å². The predicted molar refractivity (Wildman–Crippen MR) is 84.9 cm³/mol. The number of thiophene rings is 1. The molecule has 0 aliphatic rings. The molecule has 0 fully saturated rings. The summed E-state index contributed by atoms with van der Waals surface area (Å²) in [5.41, 5.74) is 0. The molecule has 1 aromatic heterocycles. The number of hydrogen-bond donors (Lipinski definition) is 1. The maximum absolute atomic E-state index is 8.72. The lowest BCUT2D eigenvalue weighted by Crippen LogP contribution is -2.36. The van der Waals surface area contributed by atoms with Gasteiger partial charge in [0.15, 0.2) is 0 Å². The highest BCUT2D eigenvalue weighted by Gasteiger charge is 2.15. The molecule has 3 nitrogen and oxygen atoms in total. The van der Waals surface area contributed by atoms with Gasteiger partial charge in [0.1, 0.15) is 6.61 Å². The lowest BCUT2D eigenvalue weighted by Gasteiger charge is -2.29.